The highest BCUT2D eigenvalue weighted by Gasteiger charge is 2.24. The predicted octanol–water partition coefficient (Wildman–Crippen LogP) is 3.69. The smallest absolute Gasteiger partial charge is 0.259 e. The van der Waals surface area contributed by atoms with Crippen LogP contribution in [0.15, 0.2) is 36.5 Å². The number of anilines is 1. The second-order valence-electron chi connectivity index (χ2n) is 6.58. The lowest BCUT2D eigenvalue weighted by Gasteiger charge is -2.18. The minimum Gasteiger partial charge on any atom is -0.490 e. The van der Waals surface area contributed by atoms with Gasteiger partial charge in [-0.2, -0.15) is 0 Å². The van der Waals surface area contributed by atoms with E-state index >= 15 is 0 Å². The summed E-state index contributed by atoms with van der Waals surface area (Å²) in [5.41, 5.74) is 2.08. The van der Waals surface area contributed by atoms with Gasteiger partial charge < -0.3 is 14.2 Å². The average Bonchev–Trinajstić information content (AvgIpc) is 3.34. The molecule has 7 heteroatoms. The summed E-state index contributed by atoms with van der Waals surface area (Å²) in [5.74, 6) is 2.55. The first-order valence-electron chi connectivity index (χ1n) is 9.44. The molecule has 0 unspecified atom stereocenters. The maximum atomic E-state index is 13.2. The van der Waals surface area contributed by atoms with Gasteiger partial charge in [0.2, 0.25) is 6.79 Å². The van der Waals surface area contributed by atoms with E-state index in [0.29, 0.717) is 41.5 Å². The van der Waals surface area contributed by atoms with Crippen LogP contribution >= 0.6 is 0 Å². The molecule has 1 aliphatic rings. The van der Waals surface area contributed by atoms with Crippen LogP contribution in [0, 0.1) is 0 Å². The van der Waals surface area contributed by atoms with E-state index < -0.39 is 0 Å². The van der Waals surface area contributed by atoms with Gasteiger partial charge in [0.15, 0.2) is 22.9 Å². The fraction of sp³-hybridized carbons (Fsp3) is 0.333. The number of imidazole rings is 1. The third kappa shape index (κ3) is 3.02. The molecule has 146 valence electrons. The summed E-state index contributed by atoms with van der Waals surface area (Å²) < 4.78 is 18.5. The van der Waals surface area contributed by atoms with E-state index in [1.165, 1.54) is 0 Å². The molecule has 1 amide bonds. The van der Waals surface area contributed by atoms with Gasteiger partial charge in [-0.1, -0.05) is 13.8 Å². The van der Waals surface area contributed by atoms with Crippen molar-refractivity contribution in [1.29, 1.82) is 0 Å². The van der Waals surface area contributed by atoms with Gasteiger partial charge in [0.25, 0.3) is 5.91 Å². The standard InChI is InChI=1S/C21H23N3O4/c1-4-11-26-17-7-6-10-24-19(17)22-15(5-2)20(24)23(3)21(25)14-8-9-16-18(12-14)28-13-27-16/h6-10,12H,4-5,11,13H2,1-3H3. The third-order valence-electron chi connectivity index (χ3n) is 4.70. The van der Waals surface area contributed by atoms with Crippen molar-refractivity contribution >= 4 is 17.4 Å². The molecule has 0 radical (unpaired) electrons. The van der Waals surface area contributed by atoms with Gasteiger partial charge in [-0.3, -0.25) is 14.1 Å². The van der Waals surface area contributed by atoms with Gasteiger partial charge >= 0.3 is 0 Å². The zero-order valence-corrected chi connectivity index (χ0v) is 16.3. The molecule has 3 heterocycles. The molecule has 7 nitrogen and oxygen atoms in total. The van der Waals surface area contributed by atoms with Crippen LogP contribution in [-0.2, 0) is 6.42 Å². The number of nitrogens with zero attached hydrogens (tertiary/aromatic N) is 3. The molecular formula is C21H23N3O4. The van der Waals surface area contributed by atoms with Crippen molar-refractivity contribution in [3.63, 3.8) is 0 Å². The predicted molar refractivity (Wildman–Crippen MR) is 106 cm³/mol. The van der Waals surface area contributed by atoms with Crippen molar-refractivity contribution in [3.05, 3.63) is 47.8 Å². The Morgan fingerprint density at radius 2 is 2.07 bits per heavy atom. The largest absolute Gasteiger partial charge is 0.490 e. The first-order chi connectivity index (χ1) is 13.6. The molecule has 0 saturated heterocycles. The highest BCUT2D eigenvalue weighted by Crippen LogP contribution is 2.34. The molecule has 0 saturated carbocycles. The van der Waals surface area contributed by atoms with Gasteiger partial charge in [0.05, 0.1) is 12.3 Å². The molecule has 4 rings (SSSR count). The number of ether oxygens (including phenoxy) is 3. The number of hydrogen-bond acceptors (Lipinski definition) is 5. The second kappa shape index (κ2) is 7.42. The summed E-state index contributed by atoms with van der Waals surface area (Å²) in [6.45, 7) is 4.88. The Morgan fingerprint density at radius 1 is 1.25 bits per heavy atom. The van der Waals surface area contributed by atoms with Crippen molar-refractivity contribution < 1.29 is 19.0 Å². The maximum absolute atomic E-state index is 13.2. The number of carbonyl (C=O) groups excluding carboxylic acids is 1. The number of aromatic nitrogens is 2. The number of amides is 1. The van der Waals surface area contributed by atoms with Crippen LogP contribution in [-0.4, -0.2) is 35.7 Å². The molecule has 0 aliphatic carbocycles. The van der Waals surface area contributed by atoms with Crippen LogP contribution in [0.5, 0.6) is 17.2 Å². The molecule has 0 N–H and O–H groups in total. The van der Waals surface area contributed by atoms with Gasteiger partial charge in [-0.05, 0) is 43.2 Å². The minimum atomic E-state index is -0.144. The summed E-state index contributed by atoms with van der Waals surface area (Å²) in [7, 11) is 1.76. The Hall–Kier alpha value is -3.22. The summed E-state index contributed by atoms with van der Waals surface area (Å²) in [5, 5.41) is 0. The molecule has 28 heavy (non-hydrogen) atoms. The number of carbonyl (C=O) groups is 1. The van der Waals surface area contributed by atoms with Crippen molar-refractivity contribution in [3.8, 4) is 17.2 Å². The fourth-order valence-corrected chi connectivity index (χ4v) is 3.31. The van der Waals surface area contributed by atoms with Gasteiger partial charge in [0, 0.05) is 18.8 Å². The van der Waals surface area contributed by atoms with E-state index in [1.807, 2.05) is 29.7 Å². The molecular weight excluding hydrogens is 358 g/mol. The molecule has 1 aromatic carbocycles. The number of fused-ring (bicyclic) bond motifs is 2. The van der Waals surface area contributed by atoms with Crippen LogP contribution in [0.25, 0.3) is 5.65 Å². The SMILES string of the molecule is CCCOc1cccn2c(N(C)C(=O)c3ccc4c(c3)OCO4)c(CC)nc12. The maximum Gasteiger partial charge on any atom is 0.259 e. The van der Waals surface area contributed by atoms with Crippen molar-refractivity contribution in [2.45, 2.75) is 26.7 Å². The van der Waals surface area contributed by atoms with Crippen LogP contribution in [0.3, 0.4) is 0 Å². The summed E-state index contributed by atoms with van der Waals surface area (Å²) in [6, 6.07) is 9.03. The molecule has 0 fully saturated rings. The Morgan fingerprint density at radius 3 is 2.86 bits per heavy atom. The van der Waals surface area contributed by atoms with E-state index in [9.17, 15) is 4.79 Å². The number of aryl methyl sites for hydroxylation is 1. The zero-order chi connectivity index (χ0) is 19.7. The first-order valence-corrected chi connectivity index (χ1v) is 9.44. The molecule has 3 aromatic rings. The van der Waals surface area contributed by atoms with Gasteiger partial charge in [-0.25, -0.2) is 4.98 Å². The van der Waals surface area contributed by atoms with E-state index in [1.54, 1.807) is 30.1 Å². The number of rotatable bonds is 6. The minimum absolute atomic E-state index is 0.144. The number of benzene rings is 1. The summed E-state index contributed by atoms with van der Waals surface area (Å²) in [4.78, 5) is 19.5. The highest BCUT2D eigenvalue weighted by atomic mass is 16.7. The van der Waals surface area contributed by atoms with Crippen LogP contribution in [0.4, 0.5) is 5.82 Å². The molecule has 1 aliphatic heterocycles. The van der Waals surface area contributed by atoms with E-state index in [4.69, 9.17) is 19.2 Å². The van der Waals surface area contributed by atoms with Gasteiger partial charge in [0.1, 0.15) is 5.82 Å². The Kier molecular flexibility index (Phi) is 4.81. The van der Waals surface area contributed by atoms with Crippen molar-refractivity contribution in [2.24, 2.45) is 0 Å². The van der Waals surface area contributed by atoms with E-state index in [0.717, 1.165) is 17.9 Å². The lowest BCUT2D eigenvalue weighted by Crippen LogP contribution is -2.28. The van der Waals surface area contributed by atoms with Crippen LogP contribution in [0.1, 0.15) is 36.3 Å². The average molecular weight is 381 g/mol. The van der Waals surface area contributed by atoms with E-state index in [2.05, 4.69) is 6.92 Å². The fourth-order valence-electron chi connectivity index (χ4n) is 3.31. The Bertz CT molecular complexity index is 1030. The quantitative estimate of drug-likeness (QED) is 0.652. The second-order valence-corrected chi connectivity index (χ2v) is 6.58. The van der Waals surface area contributed by atoms with Crippen LogP contribution < -0.4 is 19.1 Å². The van der Waals surface area contributed by atoms with Crippen molar-refractivity contribution in [1.82, 2.24) is 9.38 Å². The summed E-state index contributed by atoms with van der Waals surface area (Å²) >= 11 is 0. The van der Waals surface area contributed by atoms with Gasteiger partial charge in [-0.15, -0.1) is 0 Å². The number of hydrogen-bond donors (Lipinski definition) is 0. The molecule has 0 atom stereocenters. The molecule has 2 aromatic heterocycles. The normalized spacial score (nSPS) is 12.4. The van der Waals surface area contributed by atoms with Crippen molar-refractivity contribution in [2.75, 3.05) is 25.3 Å². The van der Waals surface area contributed by atoms with E-state index in [-0.39, 0.29) is 12.7 Å². The Balaban J connectivity index is 1.74. The monoisotopic (exact) mass is 381 g/mol. The number of pyridine rings is 1. The molecule has 0 spiro atoms. The topological polar surface area (TPSA) is 65.3 Å². The Labute approximate surface area is 163 Å². The zero-order valence-electron chi connectivity index (χ0n) is 16.3. The molecule has 0 bridgehead atoms. The third-order valence-corrected chi connectivity index (χ3v) is 4.70. The lowest BCUT2D eigenvalue weighted by atomic mass is 10.1. The highest BCUT2D eigenvalue weighted by molar-refractivity contribution is 6.06. The summed E-state index contributed by atoms with van der Waals surface area (Å²) in [6.07, 6.45) is 3.51. The van der Waals surface area contributed by atoms with Crippen LogP contribution in [0.2, 0.25) is 0 Å². The first kappa shape index (κ1) is 18.2. The lowest BCUT2D eigenvalue weighted by molar-refractivity contribution is 0.0991.